The third kappa shape index (κ3) is 4.48. The van der Waals surface area contributed by atoms with Crippen LogP contribution in [0.3, 0.4) is 0 Å². The molecule has 0 atom stereocenters. The number of hydrogen-bond donors (Lipinski definition) is 0. The van der Waals surface area contributed by atoms with Crippen LogP contribution in [0, 0.1) is 0 Å². The first-order valence-electron chi connectivity index (χ1n) is 12.7. The van der Waals surface area contributed by atoms with Crippen LogP contribution in [0.1, 0.15) is 48.7 Å². The average Bonchev–Trinajstić information content (AvgIpc) is 3.68. The minimum atomic E-state index is -0.00665. The van der Waals surface area contributed by atoms with E-state index in [0.29, 0.717) is 42.4 Å². The molecule has 4 aromatic rings. The molecule has 0 unspecified atom stereocenters. The Balaban J connectivity index is 1.43. The van der Waals surface area contributed by atoms with E-state index in [1.807, 2.05) is 58.1 Å². The summed E-state index contributed by atoms with van der Waals surface area (Å²) < 4.78 is 18.7. The molecule has 8 nitrogen and oxygen atoms in total. The molecule has 8 heteroatoms. The maximum Gasteiger partial charge on any atom is 0.255 e. The molecule has 0 N–H and O–H groups in total. The van der Waals surface area contributed by atoms with Crippen LogP contribution in [0.2, 0.25) is 0 Å². The summed E-state index contributed by atoms with van der Waals surface area (Å²) in [5, 5.41) is 5.35. The van der Waals surface area contributed by atoms with E-state index >= 15 is 0 Å². The predicted molar refractivity (Wildman–Crippen MR) is 140 cm³/mol. The number of carbonyl (C=O) groups is 1. The normalized spacial score (nSPS) is 14.7. The minimum absolute atomic E-state index is 0.00665. The standard InChI is InChI=1S/C29H30N4O4/c1-18(2)33-28-24(16-30-33)23(15-25(31-28)20-6-11-26-27(14-20)37-13-12-36-26)29(34)32(21-7-8-21)17-19-4-9-22(35-3)10-5-19/h4-6,9-11,14-16,18,21H,7-8,12-13,17H2,1-3H3. The summed E-state index contributed by atoms with van der Waals surface area (Å²) >= 11 is 0. The van der Waals surface area contributed by atoms with Gasteiger partial charge in [0.2, 0.25) is 0 Å². The zero-order valence-corrected chi connectivity index (χ0v) is 21.3. The first kappa shape index (κ1) is 23.3. The van der Waals surface area contributed by atoms with Crippen molar-refractivity contribution < 1.29 is 19.0 Å². The number of pyridine rings is 1. The Kier molecular flexibility index (Phi) is 5.94. The molecule has 37 heavy (non-hydrogen) atoms. The fourth-order valence-corrected chi connectivity index (χ4v) is 4.76. The van der Waals surface area contributed by atoms with Crippen LogP contribution < -0.4 is 14.2 Å². The molecule has 2 aromatic carbocycles. The van der Waals surface area contributed by atoms with E-state index in [1.54, 1.807) is 13.3 Å². The average molecular weight is 499 g/mol. The summed E-state index contributed by atoms with van der Waals surface area (Å²) in [5.41, 5.74) is 3.95. The third-order valence-electron chi connectivity index (χ3n) is 6.88. The van der Waals surface area contributed by atoms with Crippen molar-refractivity contribution in [2.24, 2.45) is 0 Å². The van der Waals surface area contributed by atoms with E-state index < -0.39 is 0 Å². The van der Waals surface area contributed by atoms with Gasteiger partial charge in [-0.05, 0) is 68.7 Å². The van der Waals surface area contributed by atoms with Gasteiger partial charge < -0.3 is 19.1 Å². The summed E-state index contributed by atoms with van der Waals surface area (Å²) in [6, 6.07) is 15.9. The van der Waals surface area contributed by atoms with Gasteiger partial charge in [0.05, 0.1) is 30.0 Å². The van der Waals surface area contributed by atoms with E-state index in [0.717, 1.165) is 40.9 Å². The maximum atomic E-state index is 14.2. The molecule has 1 amide bonds. The van der Waals surface area contributed by atoms with Crippen molar-refractivity contribution in [2.45, 2.75) is 45.3 Å². The van der Waals surface area contributed by atoms with E-state index in [1.165, 1.54) is 0 Å². The summed E-state index contributed by atoms with van der Waals surface area (Å²) in [6.45, 7) is 5.70. The molecule has 6 rings (SSSR count). The quantitative estimate of drug-likeness (QED) is 0.346. The molecule has 2 aromatic heterocycles. The predicted octanol–water partition coefficient (Wildman–Crippen LogP) is 5.26. The van der Waals surface area contributed by atoms with Crippen molar-refractivity contribution in [2.75, 3.05) is 20.3 Å². The lowest BCUT2D eigenvalue weighted by Crippen LogP contribution is -2.32. The molecule has 2 aliphatic rings. The molecule has 1 aliphatic heterocycles. The van der Waals surface area contributed by atoms with Crippen LogP contribution in [0.5, 0.6) is 17.2 Å². The molecule has 0 spiro atoms. The summed E-state index contributed by atoms with van der Waals surface area (Å²) in [5.74, 6) is 2.20. The number of methoxy groups -OCH3 is 1. The lowest BCUT2D eigenvalue weighted by Gasteiger charge is -2.24. The second kappa shape index (κ2) is 9.42. The van der Waals surface area contributed by atoms with Crippen LogP contribution in [-0.2, 0) is 6.54 Å². The van der Waals surface area contributed by atoms with Crippen molar-refractivity contribution >= 4 is 16.9 Å². The smallest absolute Gasteiger partial charge is 0.255 e. The number of fused-ring (bicyclic) bond motifs is 2. The zero-order chi connectivity index (χ0) is 25.5. The number of nitrogens with zero attached hydrogens (tertiary/aromatic N) is 4. The van der Waals surface area contributed by atoms with Crippen LogP contribution >= 0.6 is 0 Å². The first-order valence-corrected chi connectivity index (χ1v) is 12.7. The Labute approximate surface area is 215 Å². The van der Waals surface area contributed by atoms with E-state index in [4.69, 9.17) is 19.2 Å². The van der Waals surface area contributed by atoms with Gasteiger partial charge in [0.15, 0.2) is 17.1 Å². The summed E-state index contributed by atoms with van der Waals surface area (Å²) in [6.07, 6.45) is 3.79. The van der Waals surface area contributed by atoms with Gasteiger partial charge in [-0.1, -0.05) is 12.1 Å². The molecular weight excluding hydrogens is 468 g/mol. The Hall–Kier alpha value is -4.07. The van der Waals surface area contributed by atoms with Crippen molar-refractivity contribution in [1.29, 1.82) is 0 Å². The number of carbonyl (C=O) groups excluding carboxylic acids is 1. The van der Waals surface area contributed by atoms with Crippen LogP contribution in [-0.4, -0.2) is 51.9 Å². The highest BCUT2D eigenvalue weighted by molar-refractivity contribution is 6.06. The molecule has 0 saturated heterocycles. The second-order valence-corrected chi connectivity index (χ2v) is 9.85. The summed E-state index contributed by atoms with van der Waals surface area (Å²) in [4.78, 5) is 21.1. The van der Waals surface area contributed by atoms with Gasteiger partial charge in [-0.25, -0.2) is 9.67 Å². The van der Waals surface area contributed by atoms with Crippen molar-refractivity contribution in [3.63, 3.8) is 0 Å². The van der Waals surface area contributed by atoms with E-state index in [-0.39, 0.29) is 18.0 Å². The Bertz CT molecular complexity index is 1460. The Morgan fingerprint density at radius 2 is 1.84 bits per heavy atom. The zero-order valence-electron chi connectivity index (χ0n) is 21.3. The van der Waals surface area contributed by atoms with Gasteiger partial charge in [-0.2, -0.15) is 5.10 Å². The van der Waals surface area contributed by atoms with Gasteiger partial charge in [-0.15, -0.1) is 0 Å². The fourth-order valence-electron chi connectivity index (χ4n) is 4.76. The van der Waals surface area contributed by atoms with Gasteiger partial charge in [0.25, 0.3) is 5.91 Å². The highest BCUT2D eigenvalue weighted by Crippen LogP contribution is 2.37. The van der Waals surface area contributed by atoms with E-state index in [2.05, 4.69) is 18.9 Å². The first-order chi connectivity index (χ1) is 18.0. The molecule has 0 bridgehead atoms. The Morgan fingerprint density at radius 3 is 2.54 bits per heavy atom. The fraction of sp³-hybridized carbons (Fsp3) is 0.345. The molecule has 1 aliphatic carbocycles. The number of ether oxygens (including phenoxy) is 3. The van der Waals surface area contributed by atoms with Crippen molar-refractivity contribution in [1.82, 2.24) is 19.7 Å². The molecule has 190 valence electrons. The number of hydrogen-bond acceptors (Lipinski definition) is 6. The highest BCUT2D eigenvalue weighted by atomic mass is 16.6. The van der Waals surface area contributed by atoms with Crippen molar-refractivity contribution in [3.8, 4) is 28.5 Å². The molecule has 0 radical (unpaired) electrons. The van der Waals surface area contributed by atoms with Crippen molar-refractivity contribution in [3.05, 3.63) is 65.9 Å². The second-order valence-electron chi connectivity index (χ2n) is 9.85. The number of amides is 1. The number of aromatic nitrogens is 3. The molecule has 3 heterocycles. The Morgan fingerprint density at radius 1 is 1.08 bits per heavy atom. The van der Waals surface area contributed by atoms with Crippen LogP contribution in [0.15, 0.2) is 54.7 Å². The lowest BCUT2D eigenvalue weighted by atomic mass is 10.0. The lowest BCUT2D eigenvalue weighted by molar-refractivity contribution is 0.0732. The number of rotatable bonds is 7. The number of benzene rings is 2. The van der Waals surface area contributed by atoms with Crippen LogP contribution in [0.4, 0.5) is 0 Å². The van der Waals surface area contributed by atoms with Gasteiger partial charge >= 0.3 is 0 Å². The van der Waals surface area contributed by atoms with Gasteiger partial charge in [0, 0.05) is 24.2 Å². The largest absolute Gasteiger partial charge is 0.497 e. The monoisotopic (exact) mass is 498 g/mol. The SMILES string of the molecule is COc1ccc(CN(C(=O)c2cc(-c3ccc4c(c3)OCCO4)nc3c2cnn3C(C)C)C2CC2)cc1. The topological polar surface area (TPSA) is 78.7 Å². The summed E-state index contributed by atoms with van der Waals surface area (Å²) in [7, 11) is 1.65. The van der Waals surface area contributed by atoms with Gasteiger partial charge in [-0.3, -0.25) is 4.79 Å². The molecule has 1 fully saturated rings. The van der Waals surface area contributed by atoms with Crippen LogP contribution in [0.25, 0.3) is 22.3 Å². The van der Waals surface area contributed by atoms with Gasteiger partial charge in [0.1, 0.15) is 19.0 Å². The molecule has 1 saturated carbocycles. The molecular formula is C29H30N4O4. The third-order valence-corrected chi connectivity index (χ3v) is 6.88. The highest BCUT2D eigenvalue weighted by Gasteiger charge is 2.34. The van der Waals surface area contributed by atoms with E-state index in [9.17, 15) is 4.79 Å². The maximum absolute atomic E-state index is 14.2. The minimum Gasteiger partial charge on any atom is -0.497 e.